The van der Waals surface area contributed by atoms with Crippen molar-refractivity contribution < 1.29 is 24.5 Å². The van der Waals surface area contributed by atoms with Gasteiger partial charge in [-0.3, -0.25) is 9.59 Å². The Balaban J connectivity index is 3.38. The zero-order valence-electron chi connectivity index (χ0n) is 49.2. The van der Waals surface area contributed by atoms with Gasteiger partial charge in [-0.25, -0.2) is 0 Å². The standard InChI is InChI=1S/C66H131NO5/c1-3-5-7-9-11-13-15-17-19-20-21-22-23-25-28-31-34-38-42-46-50-54-58-64(69)63(62-68)67-65(70)59-55-51-47-43-39-35-32-29-26-24-27-30-33-37-41-45-49-53-57-61-72-66(71)60-56-52-48-44-40-36-18-16-14-12-10-8-6-4-2/h63-64,68-69H,3-62H2,1-2H3,(H,67,70). The average molecular weight is 1020 g/mol. The summed E-state index contributed by atoms with van der Waals surface area (Å²) in [6.07, 6.45) is 74.1. The Morgan fingerprint density at radius 3 is 0.847 bits per heavy atom. The van der Waals surface area contributed by atoms with Crippen molar-refractivity contribution >= 4 is 11.9 Å². The van der Waals surface area contributed by atoms with Crippen LogP contribution in [0.1, 0.15) is 386 Å². The van der Waals surface area contributed by atoms with Crippen LogP contribution in [0.3, 0.4) is 0 Å². The number of nitrogens with one attached hydrogen (secondary N) is 1. The smallest absolute Gasteiger partial charge is 0.305 e. The summed E-state index contributed by atoms with van der Waals surface area (Å²) in [4.78, 5) is 24.6. The van der Waals surface area contributed by atoms with Crippen LogP contribution in [0.4, 0.5) is 0 Å². The van der Waals surface area contributed by atoms with Crippen molar-refractivity contribution in [3.05, 3.63) is 0 Å². The lowest BCUT2D eigenvalue weighted by molar-refractivity contribution is -0.143. The van der Waals surface area contributed by atoms with Crippen LogP contribution in [0.5, 0.6) is 0 Å². The number of rotatable bonds is 63. The van der Waals surface area contributed by atoms with Crippen molar-refractivity contribution in [2.24, 2.45) is 0 Å². The van der Waals surface area contributed by atoms with Gasteiger partial charge in [-0.2, -0.15) is 0 Å². The average Bonchev–Trinajstić information content (AvgIpc) is 3.38. The van der Waals surface area contributed by atoms with E-state index < -0.39 is 12.1 Å². The number of carbonyl (C=O) groups is 2. The molecule has 0 fully saturated rings. The molecule has 0 radical (unpaired) electrons. The van der Waals surface area contributed by atoms with E-state index in [0.717, 1.165) is 38.5 Å². The van der Waals surface area contributed by atoms with Gasteiger partial charge < -0.3 is 20.3 Å². The number of amides is 1. The highest BCUT2D eigenvalue weighted by atomic mass is 16.5. The van der Waals surface area contributed by atoms with Crippen LogP contribution in [-0.4, -0.2) is 47.4 Å². The van der Waals surface area contributed by atoms with Crippen LogP contribution < -0.4 is 5.32 Å². The third-order valence-corrected chi connectivity index (χ3v) is 15.9. The number of carbonyl (C=O) groups excluding carboxylic acids is 2. The van der Waals surface area contributed by atoms with Gasteiger partial charge in [0.2, 0.25) is 5.91 Å². The van der Waals surface area contributed by atoms with E-state index in [0.29, 0.717) is 25.9 Å². The molecule has 0 aliphatic heterocycles. The van der Waals surface area contributed by atoms with Crippen molar-refractivity contribution in [1.82, 2.24) is 5.32 Å². The molecule has 0 heterocycles. The van der Waals surface area contributed by atoms with Crippen LogP contribution in [-0.2, 0) is 14.3 Å². The first-order valence-corrected chi connectivity index (χ1v) is 33.3. The topological polar surface area (TPSA) is 95.9 Å². The van der Waals surface area contributed by atoms with Gasteiger partial charge in [0.15, 0.2) is 0 Å². The molecule has 0 spiro atoms. The predicted molar refractivity (Wildman–Crippen MR) is 315 cm³/mol. The van der Waals surface area contributed by atoms with Gasteiger partial charge in [-0.05, 0) is 25.7 Å². The Hall–Kier alpha value is -1.14. The summed E-state index contributed by atoms with van der Waals surface area (Å²) in [6, 6.07) is -0.543. The molecule has 0 aromatic heterocycles. The molecule has 1 amide bonds. The normalized spacial score (nSPS) is 12.4. The highest BCUT2D eigenvalue weighted by Crippen LogP contribution is 2.19. The molecule has 3 N–H and O–H groups in total. The number of aliphatic hydroxyl groups is 2. The van der Waals surface area contributed by atoms with E-state index in [1.807, 2.05) is 0 Å². The van der Waals surface area contributed by atoms with Crippen LogP contribution in [0.25, 0.3) is 0 Å². The third kappa shape index (κ3) is 58.1. The summed E-state index contributed by atoms with van der Waals surface area (Å²) in [5.74, 6) is -0.0197. The Kier molecular flexibility index (Phi) is 61.4. The maximum atomic E-state index is 12.5. The van der Waals surface area contributed by atoms with Crippen LogP contribution in [0.15, 0.2) is 0 Å². The number of hydrogen-bond acceptors (Lipinski definition) is 5. The third-order valence-electron chi connectivity index (χ3n) is 15.9. The van der Waals surface area contributed by atoms with Crippen LogP contribution >= 0.6 is 0 Å². The molecule has 430 valence electrons. The second-order valence-electron chi connectivity index (χ2n) is 23.2. The summed E-state index contributed by atoms with van der Waals surface area (Å²) in [5.41, 5.74) is 0. The molecule has 0 aromatic rings. The number of esters is 1. The van der Waals surface area contributed by atoms with Crippen LogP contribution in [0.2, 0.25) is 0 Å². The minimum Gasteiger partial charge on any atom is -0.466 e. The quantitative estimate of drug-likeness (QED) is 0.0417. The van der Waals surface area contributed by atoms with Gasteiger partial charge >= 0.3 is 5.97 Å². The van der Waals surface area contributed by atoms with E-state index in [-0.39, 0.29) is 18.5 Å². The zero-order valence-corrected chi connectivity index (χ0v) is 49.2. The SMILES string of the molecule is CCCCCCCCCCCCCCCCCCCCCCCCC(O)C(CO)NC(=O)CCCCCCCCCCCCCCCCCCCCCOC(=O)CCCCCCCCCCCCCCCC. The fourth-order valence-corrected chi connectivity index (χ4v) is 10.8. The van der Waals surface area contributed by atoms with Gasteiger partial charge in [-0.1, -0.05) is 348 Å². The molecule has 6 heteroatoms. The number of hydrogen-bond donors (Lipinski definition) is 3. The Morgan fingerprint density at radius 2 is 0.569 bits per heavy atom. The van der Waals surface area contributed by atoms with Gasteiger partial charge in [0, 0.05) is 12.8 Å². The summed E-state index contributed by atoms with van der Waals surface area (Å²) in [7, 11) is 0. The lowest BCUT2D eigenvalue weighted by Gasteiger charge is -2.22. The first kappa shape index (κ1) is 70.9. The van der Waals surface area contributed by atoms with Crippen molar-refractivity contribution in [1.29, 1.82) is 0 Å². The first-order chi connectivity index (χ1) is 35.5. The van der Waals surface area contributed by atoms with E-state index >= 15 is 0 Å². The zero-order chi connectivity index (χ0) is 52.2. The van der Waals surface area contributed by atoms with Crippen molar-refractivity contribution in [2.75, 3.05) is 13.2 Å². The molecule has 0 saturated carbocycles. The van der Waals surface area contributed by atoms with Crippen molar-refractivity contribution in [3.8, 4) is 0 Å². The lowest BCUT2D eigenvalue weighted by atomic mass is 10.0. The second kappa shape index (κ2) is 62.4. The molecular weight excluding hydrogens is 887 g/mol. The summed E-state index contributed by atoms with van der Waals surface area (Å²) in [6.45, 7) is 4.99. The fourth-order valence-electron chi connectivity index (χ4n) is 10.8. The summed E-state index contributed by atoms with van der Waals surface area (Å²) >= 11 is 0. The van der Waals surface area contributed by atoms with E-state index in [9.17, 15) is 19.8 Å². The van der Waals surface area contributed by atoms with Gasteiger partial charge in [0.1, 0.15) is 0 Å². The van der Waals surface area contributed by atoms with Gasteiger partial charge in [0.05, 0.1) is 25.4 Å². The van der Waals surface area contributed by atoms with Gasteiger partial charge in [0.25, 0.3) is 0 Å². The van der Waals surface area contributed by atoms with Crippen LogP contribution in [0, 0.1) is 0 Å². The maximum Gasteiger partial charge on any atom is 0.305 e. The highest BCUT2D eigenvalue weighted by molar-refractivity contribution is 5.76. The molecule has 0 aliphatic rings. The number of ether oxygens (including phenoxy) is 1. The molecule has 0 saturated heterocycles. The van der Waals surface area contributed by atoms with Gasteiger partial charge in [-0.15, -0.1) is 0 Å². The number of unbranched alkanes of at least 4 members (excludes halogenated alkanes) is 52. The molecule has 0 aromatic carbocycles. The molecule has 6 nitrogen and oxygen atoms in total. The largest absolute Gasteiger partial charge is 0.466 e. The van der Waals surface area contributed by atoms with E-state index in [1.54, 1.807) is 0 Å². The molecule has 2 atom stereocenters. The molecular formula is C66H131NO5. The van der Waals surface area contributed by atoms with Crippen molar-refractivity contribution in [3.63, 3.8) is 0 Å². The van der Waals surface area contributed by atoms with E-state index in [4.69, 9.17) is 4.74 Å². The molecule has 2 unspecified atom stereocenters. The minimum absolute atomic E-state index is 0.0129. The Labute approximate surface area is 451 Å². The first-order valence-electron chi connectivity index (χ1n) is 33.3. The molecule has 0 aliphatic carbocycles. The number of aliphatic hydroxyl groups excluding tert-OH is 2. The highest BCUT2D eigenvalue weighted by Gasteiger charge is 2.20. The monoisotopic (exact) mass is 1020 g/mol. The fraction of sp³-hybridized carbons (Fsp3) is 0.970. The predicted octanol–water partition coefficient (Wildman–Crippen LogP) is 21.0. The molecule has 0 bridgehead atoms. The molecule has 72 heavy (non-hydrogen) atoms. The lowest BCUT2D eigenvalue weighted by Crippen LogP contribution is -2.45. The summed E-state index contributed by atoms with van der Waals surface area (Å²) < 4.78 is 5.49. The molecule has 0 rings (SSSR count). The van der Waals surface area contributed by atoms with Crippen molar-refractivity contribution in [2.45, 2.75) is 398 Å². The Bertz CT molecular complexity index is 1040. The minimum atomic E-state index is -0.666. The second-order valence-corrected chi connectivity index (χ2v) is 23.2. The van der Waals surface area contributed by atoms with E-state index in [2.05, 4.69) is 19.2 Å². The maximum absolute atomic E-state index is 12.5. The van der Waals surface area contributed by atoms with E-state index in [1.165, 1.54) is 315 Å². The summed E-state index contributed by atoms with van der Waals surface area (Å²) in [5, 5.41) is 23.4. The Morgan fingerprint density at radius 1 is 0.333 bits per heavy atom.